The first kappa shape index (κ1) is 14.0. The fraction of sp³-hybridized carbons (Fsp3) is 0.133. The lowest BCUT2D eigenvalue weighted by Gasteiger charge is -2.09. The molecule has 0 unspecified atom stereocenters. The summed E-state index contributed by atoms with van der Waals surface area (Å²) in [4.78, 5) is 12.0. The van der Waals surface area contributed by atoms with Gasteiger partial charge in [0.1, 0.15) is 11.6 Å². The summed E-state index contributed by atoms with van der Waals surface area (Å²) in [6.45, 7) is 3.22. The third kappa shape index (κ3) is 2.93. The van der Waals surface area contributed by atoms with Crippen LogP contribution in [0.3, 0.4) is 0 Å². The number of aryl methyl sites for hydroxylation is 2. The summed E-state index contributed by atoms with van der Waals surface area (Å²) in [6.07, 6.45) is 0. The van der Waals surface area contributed by atoms with E-state index < -0.39 is 17.5 Å². The molecule has 104 valence electrons. The maximum absolute atomic E-state index is 13.9. The summed E-state index contributed by atoms with van der Waals surface area (Å²) in [5.41, 5.74) is 6.94. The molecule has 0 radical (unpaired) electrons. The number of nitrogens with one attached hydrogen (secondary N) is 1. The van der Waals surface area contributed by atoms with Crippen LogP contribution < -0.4 is 11.1 Å². The number of carbonyl (C=O) groups is 1. The van der Waals surface area contributed by atoms with Crippen LogP contribution in [-0.4, -0.2) is 5.91 Å². The van der Waals surface area contributed by atoms with Crippen molar-refractivity contribution in [2.75, 3.05) is 11.1 Å². The standard InChI is InChI=1S/C15H14F2N2O/c1-8-3-10(16)6-12(4-8)19-15(20)13-7-11(18)5-9(2)14(13)17/h3-7H,18H2,1-2H3,(H,19,20). The summed E-state index contributed by atoms with van der Waals surface area (Å²) in [6, 6.07) is 6.79. The highest BCUT2D eigenvalue weighted by atomic mass is 19.1. The Kier molecular flexibility index (Phi) is 3.70. The summed E-state index contributed by atoms with van der Waals surface area (Å²) in [5, 5.41) is 2.46. The predicted octanol–water partition coefficient (Wildman–Crippen LogP) is 3.42. The van der Waals surface area contributed by atoms with E-state index in [4.69, 9.17) is 5.73 Å². The van der Waals surface area contributed by atoms with E-state index >= 15 is 0 Å². The molecule has 2 aromatic carbocycles. The second-order valence-corrected chi connectivity index (χ2v) is 4.67. The predicted molar refractivity (Wildman–Crippen MR) is 74.6 cm³/mol. The molecule has 3 N–H and O–H groups in total. The van der Waals surface area contributed by atoms with E-state index in [1.165, 1.54) is 31.2 Å². The van der Waals surface area contributed by atoms with Crippen LogP contribution in [0.2, 0.25) is 0 Å². The van der Waals surface area contributed by atoms with E-state index in [-0.39, 0.29) is 16.8 Å². The normalized spacial score (nSPS) is 10.4. The molecule has 0 aliphatic rings. The van der Waals surface area contributed by atoms with Gasteiger partial charge in [0.25, 0.3) is 5.91 Å². The molecule has 0 aromatic heterocycles. The molecule has 0 aliphatic carbocycles. The lowest BCUT2D eigenvalue weighted by molar-refractivity contribution is 0.102. The molecule has 0 aliphatic heterocycles. The molecular formula is C15H14F2N2O. The Morgan fingerprint density at radius 1 is 1.10 bits per heavy atom. The molecule has 0 spiro atoms. The number of anilines is 2. The number of hydrogen-bond donors (Lipinski definition) is 2. The highest BCUT2D eigenvalue weighted by molar-refractivity contribution is 6.05. The van der Waals surface area contributed by atoms with Crippen LogP contribution >= 0.6 is 0 Å². The van der Waals surface area contributed by atoms with Crippen LogP contribution in [0.4, 0.5) is 20.2 Å². The number of nitrogens with two attached hydrogens (primary N) is 1. The number of carbonyl (C=O) groups excluding carboxylic acids is 1. The van der Waals surface area contributed by atoms with Crippen molar-refractivity contribution in [2.45, 2.75) is 13.8 Å². The molecule has 2 rings (SSSR count). The Hall–Kier alpha value is -2.43. The molecule has 3 nitrogen and oxygen atoms in total. The molecule has 0 saturated heterocycles. The molecule has 0 saturated carbocycles. The summed E-state index contributed by atoms with van der Waals surface area (Å²) >= 11 is 0. The van der Waals surface area contributed by atoms with Gasteiger partial charge in [0, 0.05) is 11.4 Å². The van der Waals surface area contributed by atoms with Crippen LogP contribution in [-0.2, 0) is 0 Å². The van der Waals surface area contributed by atoms with Crippen molar-refractivity contribution < 1.29 is 13.6 Å². The largest absolute Gasteiger partial charge is 0.399 e. The minimum atomic E-state index is -0.664. The van der Waals surface area contributed by atoms with Crippen LogP contribution in [0.5, 0.6) is 0 Å². The molecular weight excluding hydrogens is 262 g/mol. The average Bonchev–Trinajstić information content (AvgIpc) is 2.32. The van der Waals surface area contributed by atoms with E-state index in [1.54, 1.807) is 13.0 Å². The van der Waals surface area contributed by atoms with Crippen LogP contribution in [0.1, 0.15) is 21.5 Å². The fourth-order valence-electron chi connectivity index (χ4n) is 1.97. The van der Waals surface area contributed by atoms with Crippen molar-refractivity contribution in [2.24, 2.45) is 0 Å². The summed E-state index contributed by atoms with van der Waals surface area (Å²) in [7, 11) is 0. The first-order valence-corrected chi connectivity index (χ1v) is 6.01. The van der Waals surface area contributed by atoms with Gasteiger partial charge in [0.2, 0.25) is 0 Å². The van der Waals surface area contributed by atoms with Gasteiger partial charge in [-0.25, -0.2) is 8.78 Å². The van der Waals surface area contributed by atoms with Gasteiger partial charge in [0.15, 0.2) is 0 Å². The zero-order valence-electron chi connectivity index (χ0n) is 11.1. The Morgan fingerprint density at radius 3 is 2.45 bits per heavy atom. The minimum absolute atomic E-state index is 0.163. The van der Waals surface area contributed by atoms with Crippen molar-refractivity contribution in [1.82, 2.24) is 0 Å². The Balaban J connectivity index is 2.33. The second kappa shape index (κ2) is 5.28. The average molecular weight is 276 g/mol. The van der Waals surface area contributed by atoms with Gasteiger partial charge in [-0.2, -0.15) is 0 Å². The number of nitrogen functional groups attached to an aromatic ring is 1. The molecule has 0 heterocycles. The van der Waals surface area contributed by atoms with Gasteiger partial charge in [-0.05, 0) is 55.3 Å². The molecule has 0 bridgehead atoms. The van der Waals surface area contributed by atoms with Crippen LogP contribution in [0.25, 0.3) is 0 Å². The number of hydrogen-bond acceptors (Lipinski definition) is 2. The molecule has 1 amide bonds. The van der Waals surface area contributed by atoms with Crippen molar-refractivity contribution in [1.29, 1.82) is 0 Å². The highest BCUT2D eigenvalue weighted by Crippen LogP contribution is 2.19. The molecule has 0 fully saturated rings. The minimum Gasteiger partial charge on any atom is -0.399 e. The topological polar surface area (TPSA) is 55.1 Å². The summed E-state index contributed by atoms with van der Waals surface area (Å²) in [5.74, 6) is -1.77. The lowest BCUT2D eigenvalue weighted by Crippen LogP contribution is -2.15. The van der Waals surface area contributed by atoms with Gasteiger partial charge in [0.05, 0.1) is 5.56 Å². The number of benzene rings is 2. The first-order chi connectivity index (χ1) is 9.36. The van der Waals surface area contributed by atoms with E-state index in [2.05, 4.69) is 5.32 Å². The highest BCUT2D eigenvalue weighted by Gasteiger charge is 2.15. The van der Waals surface area contributed by atoms with Gasteiger partial charge in [-0.1, -0.05) is 0 Å². The van der Waals surface area contributed by atoms with Crippen molar-refractivity contribution in [3.05, 3.63) is 58.7 Å². The van der Waals surface area contributed by atoms with E-state index in [1.807, 2.05) is 0 Å². The SMILES string of the molecule is Cc1cc(F)cc(NC(=O)c2cc(N)cc(C)c2F)c1. The van der Waals surface area contributed by atoms with E-state index in [9.17, 15) is 13.6 Å². The molecule has 5 heteroatoms. The van der Waals surface area contributed by atoms with Gasteiger partial charge in [-0.15, -0.1) is 0 Å². The van der Waals surface area contributed by atoms with Crippen molar-refractivity contribution >= 4 is 17.3 Å². The van der Waals surface area contributed by atoms with Crippen LogP contribution in [0, 0.1) is 25.5 Å². The Morgan fingerprint density at radius 2 is 1.80 bits per heavy atom. The first-order valence-electron chi connectivity index (χ1n) is 6.01. The summed E-state index contributed by atoms with van der Waals surface area (Å²) < 4.78 is 27.1. The molecule has 20 heavy (non-hydrogen) atoms. The van der Waals surface area contributed by atoms with Crippen molar-refractivity contribution in [3.8, 4) is 0 Å². The van der Waals surface area contributed by atoms with Gasteiger partial charge in [-0.3, -0.25) is 4.79 Å². The van der Waals surface area contributed by atoms with Crippen LogP contribution in [0.15, 0.2) is 30.3 Å². The van der Waals surface area contributed by atoms with Gasteiger partial charge >= 0.3 is 0 Å². The molecule has 0 atom stereocenters. The number of halogens is 2. The Bertz CT molecular complexity index is 664. The van der Waals surface area contributed by atoms with Crippen molar-refractivity contribution in [3.63, 3.8) is 0 Å². The monoisotopic (exact) mass is 276 g/mol. The van der Waals surface area contributed by atoms with E-state index in [0.29, 0.717) is 11.3 Å². The van der Waals surface area contributed by atoms with Gasteiger partial charge < -0.3 is 11.1 Å². The number of amides is 1. The molecule has 2 aromatic rings. The van der Waals surface area contributed by atoms with E-state index in [0.717, 1.165) is 0 Å². The zero-order valence-corrected chi connectivity index (χ0v) is 11.1. The second-order valence-electron chi connectivity index (χ2n) is 4.67. The third-order valence-corrected chi connectivity index (χ3v) is 2.82. The third-order valence-electron chi connectivity index (χ3n) is 2.82. The quantitative estimate of drug-likeness (QED) is 0.826. The number of rotatable bonds is 2. The Labute approximate surface area is 115 Å². The smallest absolute Gasteiger partial charge is 0.258 e. The maximum atomic E-state index is 13.9. The fourth-order valence-corrected chi connectivity index (χ4v) is 1.97. The zero-order chi connectivity index (χ0) is 14.9. The lowest BCUT2D eigenvalue weighted by atomic mass is 10.1. The maximum Gasteiger partial charge on any atom is 0.258 e.